The highest BCUT2D eigenvalue weighted by Gasteiger charge is 2.26. The van der Waals surface area contributed by atoms with Crippen molar-refractivity contribution in [2.24, 2.45) is 0 Å². The van der Waals surface area contributed by atoms with E-state index in [9.17, 15) is 9.59 Å². The summed E-state index contributed by atoms with van der Waals surface area (Å²) in [6, 6.07) is 19.0. The van der Waals surface area contributed by atoms with Gasteiger partial charge in [0.15, 0.2) is 5.82 Å². The number of ketones is 1. The van der Waals surface area contributed by atoms with Gasteiger partial charge in [-0.3, -0.25) is 14.6 Å². The maximum atomic E-state index is 12.4. The van der Waals surface area contributed by atoms with E-state index in [2.05, 4.69) is 35.6 Å². The first kappa shape index (κ1) is 24.6. The molecule has 1 atom stereocenters. The van der Waals surface area contributed by atoms with Crippen molar-refractivity contribution in [2.75, 3.05) is 23.3 Å². The third kappa shape index (κ3) is 6.79. The number of carbonyl (C=O) groups excluding carboxylic acids is 2. The van der Waals surface area contributed by atoms with Crippen LogP contribution in [-0.4, -0.2) is 50.2 Å². The molecule has 1 unspecified atom stereocenters. The van der Waals surface area contributed by atoms with Crippen molar-refractivity contribution in [3.63, 3.8) is 0 Å². The summed E-state index contributed by atoms with van der Waals surface area (Å²) in [5, 5.41) is 21.5. The van der Waals surface area contributed by atoms with E-state index in [1.165, 1.54) is 11.3 Å². The lowest BCUT2D eigenvalue weighted by atomic mass is 9.99. The van der Waals surface area contributed by atoms with Crippen molar-refractivity contribution >= 4 is 34.0 Å². The lowest BCUT2D eigenvalue weighted by molar-refractivity contribution is -0.118. The highest BCUT2D eigenvalue weighted by molar-refractivity contribution is 7.15. The first-order chi connectivity index (χ1) is 18.1. The molecule has 9 nitrogen and oxygen atoms in total. The van der Waals surface area contributed by atoms with Gasteiger partial charge in [-0.2, -0.15) is 5.10 Å². The van der Waals surface area contributed by atoms with Crippen molar-refractivity contribution in [3.05, 3.63) is 88.8 Å². The van der Waals surface area contributed by atoms with Crippen molar-refractivity contribution in [2.45, 2.75) is 38.0 Å². The van der Waals surface area contributed by atoms with Gasteiger partial charge < -0.3 is 10.2 Å². The van der Waals surface area contributed by atoms with Crippen LogP contribution < -0.4 is 10.2 Å². The molecule has 3 aromatic heterocycles. The minimum Gasteiger partial charge on any atom is -0.354 e. The number of hydrogen-bond donors (Lipinski definition) is 1. The summed E-state index contributed by atoms with van der Waals surface area (Å²) >= 11 is 1.41. The average molecular weight is 514 g/mol. The zero-order chi connectivity index (χ0) is 25.5. The van der Waals surface area contributed by atoms with Gasteiger partial charge in [-0.1, -0.05) is 47.7 Å². The fraction of sp³-hybridized carbons (Fsp3) is 0.296. The Balaban J connectivity index is 1.15. The summed E-state index contributed by atoms with van der Waals surface area (Å²) in [5.74, 6) is 0.939. The smallest absolute Gasteiger partial charge is 0.232 e. The molecule has 1 fully saturated rings. The summed E-state index contributed by atoms with van der Waals surface area (Å²) in [4.78, 5) is 31.1. The quantitative estimate of drug-likeness (QED) is 0.361. The number of carbonyl (C=O) groups is 2. The number of rotatable bonds is 9. The maximum Gasteiger partial charge on any atom is 0.232 e. The van der Waals surface area contributed by atoms with Crippen molar-refractivity contribution in [3.8, 4) is 0 Å². The fourth-order valence-electron chi connectivity index (χ4n) is 4.37. The molecule has 4 aromatic rings. The van der Waals surface area contributed by atoms with Gasteiger partial charge in [0, 0.05) is 37.3 Å². The second-order valence-corrected chi connectivity index (χ2v) is 10.0. The second kappa shape index (κ2) is 11.8. The number of anilines is 2. The van der Waals surface area contributed by atoms with Gasteiger partial charge >= 0.3 is 0 Å². The van der Waals surface area contributed by atoms with E-state index in [0.717, 1.165) is 42.3 Å². The normalized spacial score (nSPS) is 15.4. The first-order valence-electron chi connectivity index (χ1n) is 12.3. The molecule has 1 aliphatic rings. The van der Waals surface area contributed by atoms with Crippen molar-refractivity contribution in [1.82, 2.24) is 25.4 Å². The summed E-state index contributed by atoms with van der Waals surface area (Å²) in [5.41, 5.74) is 2.39. The van der Waals surface area contributed by atoms with Crippen LogP contribution in [0.2, 0.25) is 0 Å². The Labute approximate surface area is 219 Å². The number of pyridine rings is 1. The molecule has 37 heavy (non-hydrogen) atoms. The van der Waals surface area contributed by atoms with Crippen LogP contribution in [0.5, 0.6) is 0 Å². The van der Waals surface area contributed by atoms with E-state index in [1.54, 1.807) is 6.20 Å². The van der Waals surface area contributed by atoms with Crippen LogP contribution >= 0.6 is 11.3 Å². The van der Waals surface area contributed by atoms with Crippen LogP contribution in [0, 0.1) is 0 Å². The van der Waals surface area contributed by atoms with E-state index in [0.29, 0.717) is 22.9 Å². The van der Waals surface area contributed by atoms with Crippen LogP contribution in [0.4, 0.5) is 10.9 Å². The molecule has 1 N–H and O–H groups in total. The molecule has 1 aromatic carbocycles. The van der Waals surface area contributed by atoms with Crippen LogP contribution in [0.1, 0.15) is 40.7 Å². The molecule has 1 aliphatic heterocycles. The standard InChI is InChI=1S/C27H27N7O2S/c35-23(15-19-7-2-1-3-8-19)16-22-11-12-24(31-30-22)34-14-6-9-20(18-34)26-32-33-27(37-26)29-25(36)17-21-10-4-5-13-28-21/h1-5,7-8,10-13,20H,6,9,14-18H2,(H,29,33,36). The Kier molecular flexibility index (Phi) is 7.85. The highest BCUT2D eigenvalue weighted by Crippen LogP contribution is 2.32. The van der Waals surface area contributed by atoms with Gasteiger partial charge in [0.25, 0.3) is 0 Å². The molecule has 5 rings (SSSR count). The molecule has 0 saturated carbocycles. The predicted octanol–water partition coefficient (Wildman–Crippen LogP) is 3.64. The van der Waals surface area contributed by atoms with Gasteiger partial charge in [-0.05, 0) is 42.7 Å². The molecule has 188 valence electrons. The highest BCUT2D eigenvalue weighted by atomic mass is 32.1. The minimum absolute atomic E-state index is 0.116. The Morgan fingerprint density at radius 1 is 0.892 bits per heavy atom. The van der Waals surface area contributed by atoms with Crippen LogP contribution in [-0.2, 0) is 28.9 Å². The summed E-state index contributed by atoms with van der Waals surface area (Å²) in [6.45, 7) is 1.63. The number of benzene rings is 1. The lowest BCUT2D eigenvalue weighted by Gasteiger charge is -2.32. The molecule has 10 heteroatoms. The fourth-order valence-corrected chi connectivity index (χ4v) is 5.26. The maximum absolute atomic E-state index is 12.4. The molecule has 1 amide bonds. The molecular formula is C27H27N7O2S. The Bertz CT molecular complexity index is 1330. The molecule has 1 saturated heterocycles. The number of aromatic nitrogens is 5. The summed E-state index contributed by atoms with van der Waals surface area (Å²) in [7, 11) is 0. The second-order valence-electron chi connectivity index (χ2n) is 9.04. The molecule has 0 aliphatic carbocycles. The van der Waals surface area contributed by atoms with E-state index in [-0.39, 0.29) is 30.4 Å². The predicted molar refractivity (Wildman–Crippen MR) is 142 cm³/mol. The third-order valence-electron chi connectivity index (χ3n) is 6.18. The monoisotopic (exact) mass is 513 g/mol. The van der Waals surface area contributed by atoms with Gasteiger partial charge in [-0.25, -0.2) is 0 Å². The van der Waals surface area contributed by atoms with Gasteiger partial charge in [0.05, 0.1) is 18.5 Å². The summed E-state index contributed by atoms with van der Waals surface area (Å²) < 4.78 is 0. The number of amides is 1. The number of nitrogens with zero attached hydrogens (tertiary/aromatic N) is 6. The summed E-state index contributed by atoms with van der Waals surface area (Å²) in [6.07, 6.45) is 4.51. The molecule has 0 spiro atoms. The Hall–Kier alpha value is -4.05. The zero-order valence-corrected chi connectivity index (χ0v) is 21.1. The van der Waals surface area contributed by atoms with E-state index in [4.69, 9.17) is 0 Å². The SMILES string of the molecule is O=C(Cc1ccccc1)Cc1ccc(N2CCCC(c3nnc(NC(=O)Cc4ccccn4)s3)C2)nn1. The van der Waals surface area contributed by atoms with Crippen LogP contribution in [0.3, 0.4) is 0 Å². The van der Waals surface area contributed by atoms with E-state index >= 15 is 0 Å². The first-order valence-corrected chi connectivity index (χ1v) is 13.1. The van der Waals surface area contributed by atoms with Crippen LogP contribution in [0.15, 0.2) is 66.9 Å². The van der Waals surface area contributed by atoms with Crippen molar-refractivity contribution in [1.29, 1.82) is 0 Å². The van der Waals surface area contributed by atoms with Crippen molar-refractivity contribution < 1.29 is 9.59 Å². The van der Waals surface area contributed by atoms with E-state index < -0.39 is 0 Å². The number of hydrogen-bond acceptors (Lipinski definition) is 9. The Morgan fingerprint density at radius 2 is 1.76 bits per heavy atom. The number of Topliss-reactive ketones (excluding diaryl/α,β-unsaturated/α-hetero) is 1. The topological polar surface area (TPSA) is 114 Å². The molecule has 4 heterocycles. The van der Waals surface area contributed by atoms with Gasteiger partial charge in [0.1, 0.15) is 10.8 Å². The zero-order valence-electron chi connectivity index (χ0n) is 20.3. The van der Waals surface area contributed by atoms with Gasteiger partial charge in [-0.15, -0.1) is 15.3 Å². The lowest BCUT2D eigenvalue weighted by Crippen LogP contribution is -2.35. The Morgan fingerprint density at radius 3 is 2.54 bits per heavy atom. The largest absolute Gasteiger partial charge is 0.354 e. The van der Waals surface area contributed by atoms with Gasteiger partial charge in [0.2, 0.25) is 11.0 Å². The van der Waals surface area contributed by atoms with E-state index in [1.807, 2.05) is 60.7 Å². The van der Waals surface area contributed by atoms with Crippen LogP contribution in [0.25, 0.3) is 0 Å². The molecule has 0 radical (unpaired) electrons. The average Bonchev–Trinajstić information content (AvgIpc) is 3.38. The number of nitrogens with one attached hydrogen (secondary N) is 1. The minimum atomic E-state index is -0.163. The molecule has 0 bridgehead atoms. The number of piperidine rings is 1. The molecular weight excluding hydrogens is 486 g/mol. The third-order valence-corrected chi connectivity index (χ3v) is 7.18.